The van der Waals surface area contributed by atoms with Gasteiger partial charge in [0.2, 0.25) is 0 Å². The van der Waals surface area contributed by atoms with Crippen molar-refractivity contribution < 1.29 is 9.47 Å². The molecule has 1 saturated heterocycles. The molecule has 1 aromatic heterocycles. The summed E-state index contributed by atoms with van der Waals surface area (Å²) in [7, 11) is 0. The van der Waals surface area contributed by atoms with E-state index in [0.29, 0.717) is 24.9 Å². The molecule has 1 aromatic rings. The maximum atomic E-state index is 5.46. The van der Waals surface area contributed by atoms with E-state index in [4.69, 9.17) is 15.3 Å². The molecule has 1 aliphatic heterocycles. The molecule has 0 amide bonds. The largest absolute Gasteiger partial charge is 0.381 e. The molecule has 0 aliphatic carbocycles. The highest BCUT2D eigenvalue weighted by Gasteiger charge is 2.27. The Balaban J connectivity index is 2.00. The molecule has 0 radical (unpaired) electrons. The molecule has 2 rings (SSSR count). The van der Waals surface area contributed by atoms with Crippen molar-refractivity contribution in [3.63, 3.8) is 0 Å². The van der Waals surface area contributed by atoms with E-state index in [0.717, 1.165) is 38.4 Å². The Morgan fingerprint density at radius 1 is 1.33 bits per heavy atom. The van der Waals surface area contributed by atoms with E-state index in [9.17, 15) is 0 Å². The molecular weight excluding hydrogens is 270 g/mol. The number of ether oxygens (including phenoxy) is 2. The van der Waals surface area contributed by atoms with Crippen molar-refractivity contribution in [2.45, 2.75) is 33.3 Å². The molecule has 7 heteroatoms. The predicted octanol–water partition coefficient (Wildman–Crippen LogP) is 1.53. The number of rotatable bonds is 7. The van der Waals surface area contributed by atoms with Gasteiger partial charge in [-0.05, 0) is 25.2 Å². The number of nitrogens with one attached hydrogen (secondary N) is 2. The van der Waals surface area contributed by atoms with Crippen LogP contribution in [0.4, 0.5) is 11.6 Å². The number of aromatic nitrogens is 2. The zero-order valence-corrected chi connectivity index (χ0v) is 12.8. The van der Waals surface area contributed by atoms with Crippen LogP contribution < -0.4 is 16.6 Å². The SMILES string of the molecule is CCOCc1nc(NN)cc(NCC2(C)CCOCC2)n1. The smallest absolute Gasteiger partial charge is 0.158 e. The monoisotopic (exact) mass is 295 g/mol. The molecule has 0 atom stereocenters. The summed E-state index contributed by atoms with van der Waals surface area (Å²) in [5, 5.41) is 3.39. The second-order valence-electron chi connectivity index (χ2n) is 5.61. The second-order valence-corrected chi connectivity index (χ2v) is 5.61. The summed E-state index contributed by atoms with van der Waals surface area (Å²) < 4.78 is 10.8. The molecule has 0 bridgehead atoms. The zero-order chi connectivity index (χ0) is 15.1. The Morgan fingerprint density at radius 2 is 2.05 bits per heavy atom. The molecule has 0 spiro atoms. The Labute approximate surface area is 125 Å². The van der Waals surface area contributed by atoms with Crippen LogP contribution in [-0.4, -0.2) is 36.3 Å². The van der Waals surface area contributed by atoms with Crippen LogP contribution in [0, 0.1) is 5.41 Å². The highest BCUT2D eigenvalue weighted by molar-refractivity contribution is 5.46. The Kier molecular flexibility index (Phi) is 5.72. The van der Waals surface area contributed by atoms with Crippen LogP contribution >= 0.6 is 0 Å². The number of anilines is 2. The molecule has 21 heavy (non-hydrogen) atoms. The average molecular weight is 295 g/mol. The minimum Gasteiger partial charge on any atom is -0.381 e. The number of nitrogens with zero attached hydrogens (tertiary/aromatic N) is 2. The third kappa shape index (κ3) is 4.80. The van der Waals surface area contributed by atoms with Gasteiger partial charge in [0, 0.05) is 32.4 Å². The van der Waals surface area contributed by atoms with Gasteiger partial charge < -0.3 is 20.2 Å². The van der Waals surface area contributed by atoms with Gasteiger partial charge in [-0.3, -0.25) is 0 Å². The maximum Gasteiger partial charge on any atom is 0.158 e. The molecule has 0 aromatic carbocycles. The lowest BCUT2D eigenvalue weighted by molar-refractivity contribution is 0.0299. The lowest BCUT2D eigenvalue weighted by Crippen LogP contribution is -2.33. The maximum absolute atomic E-state index is 5.46. The average Bonchev–Trinajstić information content (AvgIpc) is 2.51. The summed E-state index contributed by atoms with van der Waals surface area (Å²) in [6, 6.07) is 1.80. The van der Waals surface area contributed by atoms with Crippen LogP contribution in [0.1, 0.15) is 32.5 Å². The lowest BCUT2D eigenvalue weighted by atomic mass is 9.82. The van der Waals surface area contributed by atoms with Gasteiger partial charge in [-0.15, -0.1) is 0 Å². The van der Waals surface area contributed by atoms with Crippen molar-refractivity contribution >= 4 is 11.6 Å². The highest BCUT2D eigenvalue weighted by atomic mass is 16.5. The summed E-state index contributed by atoms with van der Waals surface area (Å²) in [4.78, 5) is 8.73. The third-order valence-corrected chi connectivity index (χ3v) is 3.75. The molecule has 0 saturated carbocycles. The van der Waals surface area contributed by atoms with Gasteiger partial charge in [0.15, 0.2) is 5.82 Å². The number of hydrazine groups is 1. The molecular formula is C14H25N5O2. The summed E-state index contributed by atoms with van der Waals surface area (Å²) in [5.74, 6) is 7.42. The van der Waals surface area contributed by atoms with Gasteiger partial charge >= 0.3 is 0 Å². The number of nitrogen functional groups attached to an aromatic ring is 1. The minimum atomic E-state index is 0.236. The van der Waals surface area contributed by atoms with Crippen molar-refractivity contribution in [1.29, 1.82) is 0 Å². The van der Waals surface area contributed by atoms with Crippen molar-refractivity contribution in [2.75, 3.05) is 37.1 Å². The van der Waals surface area contributed by atoms with Crippen molar-refractivity contribution in [3.8, 4) is 0 Å². The van der Waals surface area contributed by atoms with Crippen LogP contribution in [0.3, 0.4) is 0 Å². The molecule has 2 heterocycles. The van der Waals surface area contributed by atoms with Gasteiger partial charge in [0.05, 0.1) is 0 Å². The molecule has 118 valence electrons. The predicted molar refractivity (Wildman–Crippen MR) is 81.8 cm³/mol. The zero-order valence-electron chi connectivity index (χ0n) is 12.8. The highest BCUT2D eigenvalue weighted by Crippen LogP contribution is 2.29. The summed E-state index contributed by atoms with van der Waals surface area (Å²) >= 11 is 0. The summed E-state index contributed by atoms with van der Waals surface area (Å²) in [6.07, 6.45) is 2.11. The van der Waals surface area contributed by atoms with Gasteiger partial charge in [-0.1, -0.05) is 6.92 Å². The first kappa shape index (κ1) is 15.9. The van der Waals surface area contributed by atoms with Gasteiger partial charge in [0.1, 0.15) is 18.2 Å². The fourth-order valence-corrected chi connectivity index (χ4v) is 2.26. The molecule has 4 N–H and O–H groups in total. The third-order valence-electron chi connectivity index (χ3n) is 3.75. The van der Waals surface area contributed by atoms with E-state index in [1.54, 1.807) is 6.07 Å². The fourth-order valence-electron chi connectivity index (χ4n) is 2.26. The first-order valence-electron chi connectivity index (χ1n) is 7.39. The van der Waals surface area contributed by atoms with Crippen LogP contribution in [-0.2, 0) is 16.1 Å². The van der Waals surface area contributed by atoms with Crippen molar-refractivity contribution in [2.24, 2.45) is 11.3 Å². The van der Waals surface area contributed by atoms with Gasteiger partial charge in [-0.2, -0.15) is 0 Å². The first-order valence-corrected chi connectivity index (χ1v) is 7.39. The van der Waals surface area contributed by atoms with Gasteiger partial charge in [-0.25, -0.2) is 15.8 Å². The first-order chi connectivity index (χ1) is 10.1. The Morgan fingerprint density at radius 3 is 2.71 bits per heavy atom. The van der Waals surface area contributed by atoms with E-state index < -0.39 is 0 Å². The van der Waals surface area contributed by atoms with E-state index in [-0.39, 0.29) is 5.41 Å². The van der Waals surface area contributed by atoms with Gasteiger partial charge in [0.25, 0.3) is 0 Å². The molecule has 1 fully saturated rings. The summed E-state index contributed by atoms with van der Waals surface area (Å²) in [6.45, 7) is 7.73. The van der Waals surface area contributed by atoms with Crippen molar-refractivity contribution in [3.05, 3.63) is 11.9 Å². The van der Waals surface area contributed by atoms with Crippen LogP contribution in [0.15, 0.2) is 6.07 Å². The lowest BCUT2D eigenvalue weighted by Gasteiger charge is -2.33. The second kappa shape index (κ2) is 7.53. The van der Waals surface area contributed by atoms with Crippen molar-refractivity contribution in [1.82, 2.24) is 9.97 Å². The number of hydrogen-bond donors (Lipinski definition) is 3. The molecule has 1 aliphatic rings. The van der Waals surface area contributed by atoms with E-state index in [1.165, 1.54) is 0 Å². The van der Waals surface area contributed by atoms with Crippen LogP contribution in [0.5, 0.6) is 0 Å². The number of hydrogen-bond acceptors (Lipinski definition) is 7. The van der Waals surface area contributed by atoms with Crippen LogP contribution in [0.25, 0.3) is 0 Å². The Bertz CT molecular complexity index is 449. The van der Waals surface area contributed by atoms with E-state index >= 15 is 0 Å². The van der Waals surface area contributed by atoms with Crippen LogP contribution in [0.2, 0.25) is 0 Å². The summed E-state index contributed by atoms with van der Waals surface area (Å²) in [5.41, 5.74) is 2.80. The minimum absolute atomic E-state index is 0.236. The Hall–Kier alpha value is -1.44. The fraction of sp³-hybridized carbons (Fsp3) is 0.714. The quantitative estimate of drug-likeness (QED) is 0.518. The molecule has 0 unspecified atom stereocenters. The number of nitrogens with two attached hydrogens (primary N) is 1. The molecule has 7 nitrogen and oxygen atoms in total. The topological polar surface area (TPSA) is 94.3 Å². The van der Waals surface area contributed by atoms with E-state index in [2.05, 4.69) is 27.6 Å². The standard InChI is InChI=1S/C14H25N5O2/c1-3-20-9-13-17-11(8-12(18-13)19-15)16-10-14(2)4-6-21-7-5-14/h8H,3-7,9-10,15H2,1-2H3,(H2,16,17,18,19). The van der Waals surface area contributed by atoms with E-state index in [1.807, 2.05) is 6.92 Å². The normalized spacial score (nSPS) is 17.5.